The number of imidazole rings is 1. The highest BCUT2D eigenvalue weighted by Crippen LogP contribution is 2.18. The first-order valence-corrected chi connectivity index (χ1v) is 10.6. The molecule has 0 unspecified atom stereocenters. The third-order valence-corrected chi connectivity index (χ3v) is 5.92. The van der Waals surface area contributed by atoms with Crippen molar-refractivity contribution < 1.29 is 17.8 Å². The van der Waals surface area contributed by atoms with E-state index in [4.69, 9.17) is 9.37 Å². The fourth-order valence-electron chi connectivity index (χ4n) is 2.65. The van der Waals surface area contributed by atoms with Crippen LogP contribution in [0.3, 0.4) is 0 Å². The number of hydrogen-bond donors (Lipinski definition) is 0. The van der Waals surface area contributed by atoms with Crippen LogP contribution in [0.25, 0.3) is 0 Å². The van der Waals surface area contributed by atoms with Crippen LogP contribution < -0.4 is 0 Å². The summed E-state index contributed by atoms with van der Waals surface area (Å²) < 4.78 is 37.1. The molecule has 0 atom stereocenters. The number of aryl methyl sites for hydroxylation is 1. The van der Waals surface area contributed by atoms with Gasteiger partial charge in [0.05, 0.1) is 24.3 Å². The minimum atomic E-state index is -3.45. The Bertz CT molecular complexity index is 828. The standard InChI is InChI=1S/C17H29N5O4S/c1-13(2)6-9-27(23,24)17-18-10-15(22(17)7-8-25-5)11-21(4)12-16-14(3)19-26-20-16/h10,13H,6-9,11-12H2,1-5H3. The zero-order valence-corrected chi connectivity index (χ0v) is 17.5. The van der Waals surface area contributed by atoms with E-state index in [0.29, 0.717) is 38.6 Å². The Morgan fingerprint density at radius 1 is 1.30 bits per heavy atom. The zero-order valence-electron chi connectivity index (χ0n) is 16.7. The zero-order chi connectivity index (χ0) is 20.0. The first-order chi connectivity index (χ1) is 12.7. The van der Waals surface area contributed by atoms with Gasteiger partial charge in [0.1, 0.15) is 11.4 Å². The number of hydrogen-bond acceptors (Lipinski definition) is 8. The number of rotatable bonds is 11. The van der Waals surface area contributed by atoms with Gasteiger partial charge >= 0.3 is 0 Å². The van der Waals surface area contributed by atoms with E-state index in [0.717, 1.165) is 17.1 Å². The van der Waals surface area contributed by atoms with Crippen molar-refractivity contribution in [2.24, 2.45) is 5.92 Å². The average molecular weight is 400 g/mol. The van der Waals surface area contributed by atoms with Gasteiger partial charge in [-0.05, 0) is 26.3 Å². The molecular formula is C17H29N5O4S. The van der Waals surface area contributed by atoms with Crippen LogP contribution in [0, 0.1) is 12.8 Å². The molecule has 0 radical (unpaired) electrons. The molecule has 0 saturated carbocycles. The van der Waals surface area contributed by atoms with Crippen LogP contribution in [0.5, 0.6) is 0 Å². The normalized spacial score (nSPS) is 12.4. The first kappa shape index (κ1) is 21.5. The molecule has 0 bridgehead atoms. The molecule has 2 heterocycles. The Labute approximate surface area is 160 Å². The molecule has 2 rings (SSSR count). The van der Waals surface area contributed by atoms with Gasteiger partial charge in [-0.25, -0.2) is 18.0 Å². The molecule has 0 aliphatic heterocycles. The summed E-state index contributed by atoms with van der Waals surface area (Å²) in [5.41, 5.74) is 2.31. The topological polar surface area (TPSA) is 103 Å². The van der Waals surface area contributed by atoms with Gasteiger partial charge in [0.2, 0.25) is 15.0 Å². The fourth-order valence-corrected chi connectivity index (χ4v) is 4.37. The number of sulfone groups is 1. The van der Waals surface area contributed by atoms with Gasteiger partial charge in [-0.15, -0.1) is 0 Å². The molecule has 0 aliphatic rings. The Kier molecular flexibility index (Phi) is 7.51. The van der Waals surface area contributed by atoms with Gasteiger partial charge in [-0.3, -0.25) is 4.90 Å². The summed E-state index contributed by atoms with van der Waals surface area (Å²) in [7, 11) is 0.0710. The van der Waals surface area contributed by atoms with Gasteiger partial charge in [0.25, 0.3) is 0 Å². The lowest BCUT2D eigenvalue weighted by Gasteiger charge is -2.17. The van der Waals surface area contributed by atoms with Crippen molar-refractivity contribution in [2.75, 3.05) is 26.5 Å². The van der Waals surface area contributed by atoms with E-state index in [1.165, 1.54) is 0 Å². The molecule has 152 valence electrons. The van der Waals surface area contributed by atoms with E-state index in [1.807, 2.05) is 32.7 Å². The van der Waals surface area contributed by atoms with Crippen LogP contribution in [0.15, 0.2) is 16.0 Å². The quantitative estimate of drug-likeness (QED) is 0.562. The smallest absolute Gasteiger partial charge is 0.227 e. The van der Waals surface area contributed by atoms with E-state index in [9.17, 15) is 8.42 Å². The van der Waals surface area contributed by atoms with Crippen LogP contribution in [0.2, 0.25) is 0 Å². The molecule has 10 heteroatoms. The Morgan fingerprint density at radius 2 is 2.04 bits per heavy atom. The van der Waals surface area contributed by atoms with Crippen LogP contribution >= 0.6 is 0 Å². The average Bonchev–Trinajstić information content (AvgIpc) is 3.18. The van der Waals surface area contributed by atoms with E-state index in [-0.39, 0.29) is 10.9 Å². The van der Waals surface area contributed by atoms with Crippen molar-refractivity contribution in [2.45, 2.75) is 52.0 Å². The maximum absolute atomic E-state index is 12.8. The predicted molar refractivity (Wildman–Crippen MR) is 99.8 cm³/mol. The van der Waals surface area contributed by atoms with Crippen molar-refractivity contribution in [3.63, 3.8) is 0 Å². The lowest BCUT2D eigenvalue weighted by atomic mass is 10.2. The third-order valence-electron chi connectivity index (χ3n) is 4.26. The van der Waals surface area contributed by atoms with Gasteiger partial charge in [0.15, 0.2) is 0 Å². The summed E-state index contributed by atoms with van der Waals surface area (Å²) in [6.07, 6.45) is 2.23. The second kappa shape index (κ2) is 9.43. The maximum atomic E-state index is 12.8. The second-order valence-corrected chi connectivity index (χ2v) is 9.15. The van der Waals surface area contributed by atoms with Gasteiger partial charge in [0, 0.05) is 26.7 Å². The lowest BCUT2D eigenvalue weighted by Crippen LogP contribution is -2.23. The first-order valence-electron chi connectivity index (χ1n) is 8.97. The van der Waals surface area contributed by atoms with E-state index < -0.39 is 9.84 Å². The van der Waals surface area contributed by atoms with Crippen LogP contribution in [0.4, 0.5) is 0 Å². The molecule has 0 N–H and O–H groups in total. The largest absolute Gasteiger partial charge is 0.383 e. The molecule has 2 aromatic heterocycles. The van der Waals surface area contributed by atoms with E-state index in [2.05, 4.69) is 15.3 Å². The summed E-state index contributed by atoms with van der Waals surface area (Å²) in [4.78, 5) is 6.24. The summed E-state index contributed by atoms with van der Waals surface area (Å²) in [5, 5.41) is 7.78. The molecule has 2 aromatic rings. The summed E-state index contributed by atoms with van der Waals surface area (Å²) in [5.74, 6) is 0.403. The van der Waals surface area contributed by atoms with Crippen LogP contribution in [-0.4, -0.2) is 59.7 Å². The second-order valence-electron chi connectivity index (χ2n) is 7.15. The fraction of sp³-hybridized carbons (Fsp3) is 0.706. The highest BCUT2D eigenvalue weighted by molar-refractivity contribution is 7.91. The van der Waals surface area contributed by atoms with Crippen molar-refractivity contribution >= 4 is 9.84 Å². The summed E-state index contributed by atoms with van der Waals surface area (Å²) in [6.45, 7) is 7.75. The van der Waals surface area contributed by atoms with Crippen LogP contribution in [0.1, 0.15) is 37.4 Å². The molecule has 9 nitrogen and oxygen atoms in total. The molecule has 27 heavy (non-hydrogen) atoms. The van der Waals surface area contributed by atoms with Crippen LogP contribution in [-0.2, 0) is 34.2 Å². The van der Waals surface area contributed by atoms with Crippen molar-refractivity contribution in [1.29, 1.82) is 0 Å². The number of aromatic nitrogens is 4. The number of ether oxygens (including phenoxy) is 1. The minimum Gasteiger partial charge on any atom is -0.383 e. The minimum absolute atomic E-state index is 0.0910. The molecule has 0 aliphatic carbocycles. The summed E-state index contributed by atoms with van der Waals surface area (Å²) >= 11 is 0. The molecule has 0 saturated heterocycles. The van der Waals surface area contributed by atoms with Crippen molar-refractivity contribution in [3.8, 4) is 0 Å². The number of nitrogens with zero attached hydrogens (tertiary/aromatic N) is 5. The van der Waals surface area contributed by atoms with Gasteiger partial charge in [-0.1, -0.05) is 24.2 Å². The highest BCUT2D eigenvalue weighted by Gasteiger charge is 2.24. The van der Waals surface area contributed by atoms with Gasteiger partial charge in [-0.2, -0.15) is 0 Å². The Morgan fingerprint density at radius 3 is 2.63 bits per heavy atom. The Balaban J connectivity index is 2.20. The monoisotopic (exact) mass is 399 g/mol. The number of methoxy groups -OCH3 is 1. The maximum Gasteiger partial charge on any atom is 0.227 e. The molecule has 0 spiro atoms. The SMILES string of the molecule is COCCn1c(CN(C)Cc2nonc2C)cnc1S(=O)(=O)CCC(C)C. The summed E-state index contributed by atoms with van der Waals surface area (Å²) in [6, 6.07) is 0. The molecule has 0 aromatic carbocycles. The lowest BCUT2D eigenvalue weighted by molar-refractivity contribution is 0.181. The molecule has 0 fully saturated rings. The van der Waals surface area contributed by atoms with Gasteiger partial charge < -0.3 is 9.30 Å². The van der Waals surface area contributed by atoms with E-state index in [1.54, 1.807) is 17.9 Å². The third kappa shape index (κ3) is 5.85. The van der Waals surface area contributed by atoms with Crippen molar-refractivity contribution in [1.82, 2.24) is 24.8 Å². The molecular weight excluding hydrogens is 370 g/mol. The highest BCUT2D eigenvalue weighted by atomic mass is 32.2. The van der Waals surface area contributed by atoms with E-state index >= 15 is 0 Å². The molecule has 0 amide bonds. The predicted octanol–water partition coefficient (Wildman–Crippen LogP) is 1.67. The van der Waals surface area contributed by atoms with Crippen molar-refractivity contribution in [3.05, 3.63) is 23.3 Å². The Hall–Kier alpha value is -1.78.